The Hall–Kier alpha value is -2.05. The van der Waals surface area contributed by atoms with Crippen molar-refractivity contribution in [3.8, 4) is 0 Å². The van der Waals surface area contributed by atoms with Gasteiger partial charge in [0.05, 0.1) is 6.33 Å². The zero-order valence-corrected chi connectivity index (χ0v) is 12.1. The molecule has 0 bridgehead atoms. The molecule has 0 radical (unpaired) electrons. The number of carboxylic acids is 1. The zero-order valence-electron chi connectivity index (χ0n) is 12.1. The van der Waals surface area contributed by atoms with Crippen molar-refractivity contribution in [1.82, 2.24) is 19.8 Å². The van der Waals surface area contributed by atoms with Crippen molar-refractivity contribution in [3.05, 3.63) is 18.7 Å². The van der Waals surface area contributed by atoms with Crippen LogP contribution in [0.4, 0.5) is 4.79 Å². The van der Waals surface area contributed by atoms with E-state index in [1.165, 1.54) is 0 Å². The van der Waals surface area contributed by atoms with Gasteiger partial charge in [0.25, 0.3) is 0 Å². The van der Waals surface area contributed by atoms with E-state index >= 15 is 0 Å². The molecule has 116 valence electrons. The quantitative estimate of drug-likeness (QED) is 0.771. The Labute approximate surface area is 124 Å². The van der Waals surface area contributed by atoms with E-state index in [1.807, 2.05) is 10.8 Å². The van der Waals surface area contributed by atoms with E-state index in [-0.39, 0.29) is 18.4 Å². The van der Waals surface area contributed by atoms with Crippen molar-refractivity contribution in [3.63, 3.8) is 0 Å². The lowest BCUT2D eigenvalue weighted by molar-refractivity contribution is -0.138. The third-order valence-electron chi connectivity index (χ3n) is 3.70. The number of urea groups is 1. The second kappa shape index (κ2) is 7.66. The summed E-state index contributed by atoms with van der Waals surface area (Å²) < 4.78 is 1.97. The summed E-state index contributed by atoms with van der Waals surface area (Å²) in [5.74, 6) is -0.712. The highest BCUT2D eigenvalue weighted by atomic mass is 16.4. The van der Waals surface area contributed by atoms with Crippen molar-refractivity contribution in [2.45, 2.75) is 32.2 Å². The second-order valence-electron chi connectivity index (χ2n) is 5.44. The summed E-state index contributed by atoms with van der Waals surface area (Å²) in [6.45, 7) is 2.68. The summed E-state index contributed by atoms with van der Waals surface area (Å²) in [4.78, 5) is 28.5. The number of aryl methyl sites for hydroxylation is 1. The summed E-state index contributed by atoms with van der Waals surface area (Å²) in [7, 11) is 0. The Bertz CT molecular complexity index is 461. The highest BCUT2D eigenvalue weighted by Gasteiger charge is 2.24. The molecule has 1 aromatic rings. The fourth-order valence-electron chi connectivity index (χ4n) is 2.65. The van der Waals surface area contributed by atoms with Crippen molar-refractivity contribution >= 4 is 12.0 Å². The van der Waals surface area contributed by atoms with Crippen LogP contribution in [-0.2, 0) is 11.3 Å². The molecule has 1 aromatic heterocycles. The van der Waals surface area contributed by atoms with E-state index in [1.54, 1.807) is 17.4 Å². The molecule has 1 atom stereocenters. The van der Waals surface area contributed by atoms with E-state index in [2.05, 4.69) is 10.3 Å². The highest BCUT2D eigenvalue weighted by molar-refractivity contribution is 5.74. The van der Waals surface area contributed by atoms with E-state index < -0.39 is 5.97 Å². The monoisotopic (exact) mass is 294 g/mol. The normalized spacial score (nSPS) is 18.5. The molecule has 0 saturated carbocycles. The van der Waals surface area contributed by atoms with Crippen LogP contribution in [0.25, 0.3) is 0 Å². The van der Waals surface area contributed by atoms with Crippen LogP contribution in [0.1, 0.15) is 25.7 Å². The number of hydrogen-bond donors (Lipinski definition) is 2. The van der Waals surface area contributed by atoms with Gasteiger partial charge in [0.1, 0.15) is 0 Å². The van der Waals surface area contributed by atoms with E-state index in [9.17, 15) is 9.59 Å². The van der Waals surface area contributed by atoms with E-state index in [0.717, 1.165) is 25.8 Å². The number of nitrogens with one attached hydrogen (secondary N) is 1. The number of imidazole rings is 1. The van der Waals surface area contributed by atoms with Gasteiger partial charge in [0.15, 0.2) is 0 Å². The maximum Gasteiger partial charge on any atom is 0.317 e. The van der Waals surface area contributed by atoms with Gasteiger partial charge in [-0.1, -0.05) is 0 Å². The minimum Gasteiger partial charge on any atom is -0.481 e. The summed E-state index contributed by atoms with van der Waals surface area (Å²) in [5, 5.41) is 11.7. The van der Waals surface area contributed by atoms with Gasteiger partial charge in [-0.15, -0.1) is 0 Å². The Morgan fingerprint density at radius 2 is 2.29 bits per heavy atom. The fourth-order valence-corrected chi connectivity index (χ4v) is 2.65. The van der Waals surface area contributed by atoms with E-state index in [4.69, 9.17) is 5.11 Å². The number of amides is 2. The third kappa shape index (κ3) is 5.09. The molecular weight excluding hydrogens is 272 g/mol. The number of hydrogen-bond acceptors (Lipinski definition) is 3. The van der Waals surface area contributed by atoms with Gasteiger partial charge in [-0.2, -0.15) is 0 Å². The van der Waals surface area contributed by atoms with Crippen LogP contribution in [0.5, 0.6) is 0 Å². The molecule has 1 aliphatic rings. The van der Waals surface area contributed by atoms with Crippen molar-refractivity contribution in [2.24, 2.45) is 5.92 Å². The molecule has 2 rings (SSSR count). The van der Waals surface area contributed by atoms with Crippen LogP contribution in [0.2, 0.25) is 0 Å². The van der Waals surface area contributed by atoms with Crippen LogP contribution in [-0.4, -0.2) is 51.2 Å². The number of likely N-dealkylation sites (tertiary alicyclic amines) is 1. The third-order valence-corrected chi connectivity index (χ3v) is 3.70. The molecular formula is C14H22N4O3. The van der Waals surface area contributed by atoms with Crippen molar-refractivity contribution in [2.75, 3.05) is 19.6 Å². The predicted octanol–water partition coefficient (Wildman–Crippen LogP) is 1.17. The molecule has 7 heteroatoms. The Morgan fingerprint density at radius 3 is 3.00 bits per heavy atom. The van der Waals surface area contributed by atoms with Crippen LogP contribution < -0.4 is 5.32 Å². The van der Waals surface area contributed by atoms with Gasteiger partial charge >= 0.3 is 12.0 Å². The van der Waals surface area contributed by atoms with Gasteiger partial charge < -0.3 is 19.9 Å². The lowest BCUT2D eigenvalue weighted by Gasteiger charge is -2.32. The van der Waals surface area contributed by atoms with Crippen LogP contribution in [0, 0.1) is 5.92 Å². The first-order valence-electron chi connectivity index (χ1n) is 7.35. The molecule has 0 aliphatic carbocycles. The lowest BCUT2D eigenvalue weighted by Crippen LogP contribution is -2.46. The smallest absolute Gasteiger partial charge is 0.317 e. The minimum atomic E-state index is -0.789. The summed E-state index contributed by atoms with van der Waals surface area (Å²) >= 11 is 0. The molecule has 1 aliphatic heterocycles. The molecule has 0 spiro atoms. The maximum atomic E-state index is 12.0. The van der Waals surface area contributed by atoms with Gasteiger partial charge in [-0.25, -0.2) is 9.78 Å². The average Bonchev–Trinajstić information content (AvgIpc) is 2.96. The molecule has 1 saturated heterocycles. The molecule has 2 heterocycles. The van der Waals surface area contributed by atoms with Gasteiger partial charge in [0, 0.05) is 45.0 Å². The van der Waals surface area contributed by atoms with Crippen molar-refractivity contribution in [1.29, 1.82) is 0 Å². The zero-order chi connectivity index (χ0) is 15.1. The first kappa shape index (κ1) is 15.3. The summed E-state index contributed by atoms with van der Waals surface area (Å²) in [6, 6.07) is -0.0873. The summed E-state index contributed by atoms with van der Waals surface area (Å²) in [6.07, 6.45) is 8.12. The molecule has 1 unspecified atom stereocenters. The SMILES string of the molecule is O=C(O)CC1CCCN(C(=O)NCCCn2ccnc2)C1. The standard InChI is InChI=1S/C14H22N4O3/c19-13(20)9-12-3-1-7-18(10-12)14(21)16-4-2-6-17-8-5-15-11-17/h5,8,11-12H,1-4,6-7,9-10H2,(H,16,21)(H,19,20). The van der Waals surface area contributed by atoms with Crippen molar-refractivity contribution < 1.29 is 14.7 Å². The molecule has 1 fully saturated rings. The van der Waals surface area contributed by atoms with Crippen LogP contribution in [0.15, 0.2) is 18.7 Å². The number of piperidine rings is 1. The molecule has 2 amide bonds. The number of carbonyl (C=O) groups is 2. The number of rotatable bonds is 6. The molecule has 21 heavy (non-hydrogen) atoms. The van der Waals surface area contributed by atoms with Crippen LogP contribution >= 0.6 is 0 Å². The Kier molecular flexibility index (Phi) is 5.59. The second-order valence-corrected chi connectivity index (χ2v) is 5.44. The number of carbonyl (C=O) groups excluding carboxylic acids is 1. The number of carboxylic acid groups (broad SMARTS) is 1. The number of aromatic nitrogens is 2. The lowest BCUT2D eigenvalue weighted by atomic mass is 9.95. The van der Waals surface area contributed by atoms with Gasteiger partial charge in [-0.3, -0.25) is 4.79 Å². The maximum absolute atomic E-state index is 12.0. The largest absolute Gasteiger partial charge is 0.481 e. The predicted molar refractivity (Wildman–Crippen MR) is 76.8 cm³/mol. The number of nitrogens with zero attached hydrogens (tertiary/aromatic N) is 3. The summed E-state index contributed by atoms with van der Waals surface area (Å²) in [5.41, 5.74) is 0. The Balaban J connectivity index is 1.66. The van der Waals surface area contributed by atoms with E-state index in [0.29, 0.717) is 19.6 Å². The first-order chi connectivity index (χ1) is 10.1. The minimum absolute atomic E-state index is 0.0768. The number of aliphatic carboxylic acids is 1. The van der Waals surface area contributed by atoms with Gasteiger partial charge in [0.2, 0.25) is 0 Å². The average molecular weight is 294 g/mol. The molecule has 7 nitrogen and oxygen atoms in total. The topological polar surface area (TPSA) is 87.5 Å². The highest BCUT2D eigenvalue weighted by Crippen LogP contribution is 2.19. The molecule has 0 aromatic carbocycles. The fraction of sp³-hybridized carbons (Fsp3) is 0.643. The van der Waals surface area contributed by atoms with Crippen LogP contribution in [0.3, 0.4) is 0 Å². The van der Waals surface area contributed by atoms with Gasteiger partial charge in [-0.05, 0) is 25.2 Å². The Morgan fingerprint density at radius 1 is 1.43 bits per heavy atom. The first-order valence-corrected chi connectivity index (χ1v) is 7.35. The molecule has 2 N–H and O–H groups in total.